The molecule has 10 nitrogen and oxygen atoms in total. The topological polar surface area (TPSA) is 138 Å². The van der Waals surface area contributed by atoms with Crippen LogP contribution in [0.15, 0.2) is 60.8 Å². The molecule has 3 rings (SSSR count). The number of pyridine rings is 1. The lowest BCUT2D eigenvalue weighted by atomic mass is 10.2. The van der Waals surface area contributed by atoms with Gasteiger partial charge in [-0.25, -0.2) is 4.98 Å². The maximum atomic E-state index is 12.3. The summed E-state index contributed by atoms with van der Waals surface area (Å²) in [6.45, 7) is 1.64. The molecule has 1 aromatic heterocycles. The number of nitrogens with one attached hydrogen (secondary N) is 1. The van der Waals surface area contributed by atoms with Crippen LogP contribution >= 0.6 is 0 Å². The second-order valence-electron chi connectivity index (χ2n) is 5.96. The molecule has 0 unspecified atom stereocenters. The first kappa shape index (κ1) is 19.4. The van der Waals surface area contributed by atoms with Crippen LogP contribution in [-0.4, -0.2) is 20.7 Å². The number of nitrogens with zero attached hydrogens (tertiary/aromatic N) is 3. The number of aryl methyl sites for hydroxylation is 1. The smallest absolute Gasteiger partial charge is 0.288 e. The third-order valence-electron chi connectivity index (χ3n) is 3.87. The number of nitro groups is 2. The summed E-state index contributed by atoms with van der Waals surface area (Å²) in [6.07, 6.45) is 1.11. The van der Waals surface area contributed by atoms with Gasteiger partial charge in [-0.15, -0.1) is 0 Å². The van der Waals surface area contributed by atoms with Crippen molar-refractivity contribution in [3.63, 3.8) is 0 Å². The first-order chi connectivity index (χ1) is 13.8. The Bertz CT molecular complexity index is 1100. The van der Waals surface area contributed by atoms with Crippen molar-refractivity contribution in [3.8, 4) is 11.6 Å². The minimum Gasteiger partial charge on any atom is -0.439 e. The number of carbonyl (C=O) groups excluding carboxylic acids is 1. The number of non-ortho nitro benzene ring substituents is 1. The standard InChI is InChI=1S/C19H14N4O6/c1-12-9-16(23(27)28)11-20-19(12)29-17-7-5-14(6-8-17)21-18(24)13-3-2-4-15(10-13)22(25)26/h2-11H,1H3,(H,21,24). The predicted octanol–water partition coefficient (Wildman–Crippen LogP) is 4.25. The second-order valence-corrected chi connectivity index (χ2v) is 5.96. The molecule has 0 aliphatic carbocycles. The molecule has 3 aromatic rings. The van der Waals surface area contributed by atoms with Crippen LogP contribution in [0.3, 0.4) is 0 Å². The Morgan fingerprint density at radius 1 is 1.00 bits per heavy atom. The van der Waals surface area contributed by atoms with Crippen LogP contribution < -0.4 is 10.1 Å². The fraction of sp³-hybridized carbons (Fsp3) is 0.0526. The van der Waals surface area contributed by atoms with Crippen LogP contribution in [-0.2, 0) is 0 Å². The molecule has 0 bridgehead atoms. The van der Waals surface area contributed by atoms with Crippen molar-refractivity contribution in [2.45, 2.75) is 6.92 Å². The number of anilines is 1. The third-order valence-corrected chi connectivity index (χ3v) is 3.87. The zero-order valence-electron chi connectivity index (χ0n) is 15.1. The van der Waals surface area contributed by atoms with Crippen molar-refractivity contribution in [1.29, 1.82) is 0 Å². The number of ether oxygens (including phenoxy) is 1. The Kier molecular flexibility index (Phi) is 5.44. The zero-order chi connectivity index (χ0) is 21.0. The average Bonchev–Trinajstić information content (AvgIpc) is 2.70. The van der Waals surface area contributed by atoms with E-state index in [1.807, 2.05) is 0 Å². The lowest BCUT2D eigenvalue weighted by Crippen LogP contribution is -2.11. The number of aromatic nitrogens is 1. The van der Waals surface area contributed by atoms with Crippen molar-refractivity contribution in [2.24, 2.45) is 0 Å². The van der Waals surface area contributed by atoms with Gasteiger partial charge in [-0.1, -0.05) is 6.07 Å². The Labute approximate surface area is 164 Å². The van der Waals surface area contributed by atoms with Crippen molar-refractivity contribution >= 4 is 23.0 Å². The minimum atomic E-state index is -0.572. The summed E-state index contributed by atoms with van der Waals surface area (Å²) in [5.74, 6) is 0.155. The van der Waals surface area contributed by atoms with Gasteiger partial charge in [0.25, 0.3) is 17.3 Å². The monoisotopic (exact) mass is 394 g/mol. The van der Waals surface area contributed by atoms with Crippen molar-refractivity contribution in [3.05, 3.63) is 92.1 Å². The van der Waals surface area contributed by atoms with Gasteiger partial charge in [0.2, 0.25) is 5.88 Å². The highest BCUT2D eigenvalue weighted by Gasteiger charge is 2.13. The molecule has 0 saturated carbocycles. The van der Waals surface area contributed by atoms with Gasteiger partial charge in [0.05, 0.1) is 9.85 Å². The van der Waals surface area contributed by atoms with Gasteiger partial charge < -0.3 is 10.1 Å². The molecule has 29 heavy (non-hydrogen) atoms. The van der Waals surface area contributed by atoms with E-state index in [1.54, 1.807) is 31.2 Å². The molecule has 1 N–H and O–H groups in total. The summed E-state index contributed by atoms with van der Waals surface area (Å²) < 4.78 is 5.61. The highest BCUT2D eigenvalue weighted by Crippen LogP contribution is 2.26. The van der Waals surface area contributed by atoms with Crippen molar-refractivity contribution < 1.29 is 19.4 Å². The van der Waals surface area contributed by atoms with Crippen LogP contribution in [0.25, 0.3) is 0 Å². The molecule has 146 valence electrons. The van der Waals surface area contributed by atoms with Crippen LogP contribution in [0.4, 0.5) is 17.1 Å². The summed E-state index contributed by atoms with van der Waals surface area (Å²) in [5, 5.41) is 24.2. The molecule has 0 atom stereocenters. The van der Waals surface area contributed by atoms with Gasteiger partial charge in [-0.05, 0) is 37.3 Å². The number of hydrogen-bond donors (Lipinski definition) is 1. The molecular formula is C19H14N4O6. The number of rotatable bonds is 6. The number of carbonyl (C=O) groups is 1. The van der Waals surface area contributed by atoms with E-state index in [2.05, 4.69) is 10.3 Å². The fourth-order valence-corrected chi connectivity index (χ4v) is 2.44. The van der Waals surface area contributed by atoms with Gasteiger partial charge in [-0.3, -0.25) is 25.0 Å². The summed E-state index contributed by atoms with van der Waals surface area (Å²) in [5.41, 5.74) is 0.816. The number of amides is 1. The molecule has 0 saturated heterocycles. The van der Waals surface area contributed by atoms with Crippen molar-refractivity contribution in [1.82, 2.24) is 4.98 Å². The molecule has 0 aliphatic heterocycles. The van der Waals surface area contributed by atoms with Gasteiger partial charge in [-0.2, -0.15) is 0 Å². The van der Waals surface area contributed by atoms with Crippen molar-refractivity contribution in [2.75, 3.05) is 5.32 Å². The summed E-state index contributed by atoms with van der Waals surface area (Å²) in [7, 11) is 0. The van der Waals surface area contributed by atoms with Gasteiger partial charge in [0.1, 0.15) is 11.9 Å². The lowest BCUT2D eigenvalue weighted by Gasteiger charge is -2.09. The molecule has 1 amide bonds. The van der Waals surface area contributed by atoms with E-state index < -0.39 is 15.8 Å². The van der Waals surface area contributed by atoms with E-state index in [-0.39, 0.29) is 22.8 Å². The van der Waals surface area contributed by atoms with Gasteiger partial charge in [0, 0.05) is 35.0 Å². The maximum Gasteiger partial charge on any atom is 0.288 e. The summed E-state index contributed by atoms with van der Waals surface area (Å²) in [4.78, 5) is 36.7. The molecular weight excluding hydrogens is 380 g/mol. The van der Waals surface area contributed by atoms with E-state index in [9.17, 15) is 25.0 Å². The lowest BCUT2D eigenvalue weighted by molar-refractivity contribution is -0.385. The van der Waals surface area contributed by atoms with E-state index in [4.69, 9.17) is 4.74 Å². The normalized spacial score (nSPS) is 10.2. The Morgan fingerprint density at radius 2 is 1.69 bits per heavy atom. The number of benzene rings is 2. The molecule has 0 fully saturated rings. The number of hydrogen-bond acceptors (Lipinski definition) is 7. The molecule has 1 heterocycles. The predicted molar refractivity (Wildman–Crippen MR) is 103 cm³/mol. The Hall–Kier alpha value is -4.34. The summed E-state index contributed by atoms with van der Waals surface area (Å²) >= 11 is 0. The first-order valence-electron chi connectivity index (χ1n) is 8.28. The molecule has 0 aliphatic rings. The maximum absolute atomic E-state index is 12.3. The van der Waals surface area contributed by atoms with Crippen LogP contribution in [0.1, 0.15) is 15.9 Å². The Morgan fingerprint density at radius 3 is 2.31 bits per heavy atom. The molecule has 0 spiro atoms. The van der Waals surface area contributed by atoms with E-state index in [0.29, 0.717) is 17.0 Å². The highest BCUT2D eigenvalue weighted by atomic mass is 16.6. The zero-order valence-corrected chi connectivity index (χ0v) is 15.1. The van der Waals surface area contributed by atoms with Crippen LogP contribution in [0.5, 0.6) is 11.6 Å². The SMILES string of the molecule is Cc1cc([N+](=O)[O-])cnc1Oc1ccc(NC(=O)c2cccc([N+](=O)[O-])c2)cc1. The third kappa shape index (κ3) is 4.69. The Balaban J connectivity index is 1.69. The first-order valence-corrected chi connectivity index (χ1v) is 8.28. The largest absolute Gasteiger partial charge is 0.439 e. The average molecular weight is 394 g/mol. The minimum absolute atomic E-state index is 0.131. The molecule has 0 radical (unpaired) electrons. The quantitative estimate of drug-likeness (QED) is 0.487. The highest BCUT2D eigenvalue weighted by molar-refractivity contribution is 6.04. The van der Waals surface area contributed by atoms with E-state index in [0.717, 1.165) is 6.20 Å². The van der Waals surface area contributed by atoms with E-state index in [1.165, 1.54) is 30.3 Å². The molecule has 10 heteroatoms. The fourth-order valence-electron chi connectivity index (χ4n) is 2.44. The van der Waals surface area contributed by atoms with Gasteiger partial charge in [0.15, 0.2) is 0 Å². The van der Waals surface area contributed by atoms with E-state index >= 15 is 0 Å². The molecule has 2 aromatic carbocycles. The number of nitro benzene ring substituents is 1. The van der Waals surface area contributed by atoms with Crippen LogP contribution in [0, 0.1) is 27.2 Å². The van der Waals surface area contributed by atoms with Gasteiger partial charge >= 0.3 is 0 Å². The van der Waals surface area contributed by atoms with Crippen LogP contribution in [0.2, 0.25) is 0 Å². The summed E-state index contributed by atoms with van der Waals surface area (Å²) in [6, 6.07) is 13.1. The second kappa shape index (κ2) is 8.13.